The van der Waals surface area contributed by atoms with Gasteiger partial charge in [0.25, 0.3) is 0 Å². The van der Waals surface area contributed by atoms with Gasteiger partial charge in [0.1, 0.15) is 5.82 Å². The van der Waals surface area contributed by atoms with Crippen molar-refractivity contribution in [2.45, 2.75) is 45.2 Å². The Bertz CT molecular complexity index is 394. The van der Waals surface area contributed by atoms with Crippen molar-refractivity contribution in [2.24, 2.45) is 5.92 Å². The summed E-state index contributed by atoms with van der Waals surface area (Å²) >= 11 is 6.05. The topological polar surface area (TPSA) is 12.0 Å². The lowest BCUT2D eigenvalue weighted by Crippen LogP contribution is -2.22. The van der Waals surface area contributed by atoms with E-state index in [0.717, 1.165) is 11.5 Å². The second-order valence-corrected chi connectivity index (χ2v) is 5.35. The summed E-state index contributed by atoms with van der Waals surface area (Å²) < 4.78 is 12.9. The van der Waals surface area contributed by atoms with Crippen LogP contribution in [-0.4, -0.2) is 6.04 Å². The Labute approximate surface area is 107 Å². The van der Waals surface area contributed by atoms with E-state index in [2.05, 4.69) is 19.2 Å². The van der Waals surface area contributed by atoms with E-state index >= 15 is 0 Å². The van der Waals surface area contributed by atoms with Crippen molar-refractivity contribution < 1.29 is 4.39 Å². The second-order valence-electron chi connectivity index (χ2n) is 4.95. The van der Waals surface area contributed by atoms with Gasteiger partial charge in [0.05, 0.1) is 0 Å². The number of benzene rings is 1. The van der Waals surface area contributed by atoms with E-state index in [4.69, 9.17) is 11.6 Å². The minimum Gasteiger partial charge on any atom is -0.307 e. The van der Waals surface area contributed by atoms with Crippen LogP contribution in [0.5, 0.6) is 0 Å². The predicted octanol–water partition coefficient (Wildman–Crippen LogP) is 4.32. The molecule has 1 nitrogen and oxygen atoms in total. The number of nitrogens with one attached hydrogen (secondary N) is 1. The molecule has 0 bridgehead atoms. The summed E-state index contributed by atoms with van der Waals surface area (Å²) in [5, 5.41) is 4.07. The third-order valence-corrected chi connectivity index (χ3v) is 3.80. The van der Waals surface area contributed by atoms with E-state index in [0.29, 0.717) is 11.1 Å². The Morgan fingerprint density at radius 1 is 1.53 bits per heavy atom. The molecule has 3 unspecified atom stereocenters. The van der Waals surface area contributed by atoms with Crippen LogP contribution in [0.15, 0.2) is 18.2 Å². The molecule has 1 fully saturated rings. The molecule has 94 valence electrons. The van der Waals surface area contributed by atoms with Gasteiger partial charge in [0.15, 0.2) is 0 Å². The molecule has 1 saturated carbocycles. The standard InChI is InChI=1S/C14H19ClFN/c1-3-4-10-7-14(10)17-9(2)12-6-5-11(16)8-13(12)15/h5-6,8-10,14,17H,3-4,7H2,1-2H3. The van der Waals surface area contributed by atoms with Crippen molar-refractivity contribution in [2.75, 3.05) is 0 Å². The molecule has 1 N–H and O–H groups in total. The molecule has 0 aliphatic heterocycles. The smallest absolute Gasteiger partial charge is 0.124 e. The Balaban J connectivity index is 1.94. The normalized spacial score (nSPS) is 24.7. The average molecular weight is 256 g/mol. The third kappa shape index (κ3) is 3.20. The van der Waals surface area contributed by atoms with Crippen molar-refractivity contribution in [1.29, 1.82) is 0 Å². The Morgan fingerprint density at radius 2 is 2.29 bits per heavy atom. The van der Waals surface area contributed by atoms with E-state index in [-0.39, 0.29) is 11.9 Å². The Morgan fingerprint density at radius 3 is 2.94 bits per heavy atom. The van der Waals surface area contributed by atoms with Gasteiger partial charge >= 0.3 is 0 Å². The molecule has 0 aromatic heterocycles. The molecule has 2 rings (SSSR count). The van der Waals surface area contributed by atoms with Crippen molar-refractivity contribution in [3.63, 3.8) is 0 Å². The van der Waals surface area contributed by atoms with Crippen molar-refractivity contribution in [3.05, 3.63) is 34.6 Å². The van der Waals surface area contributed by atoms with Crippen LogP contribution in [0.2, 0.25) is 5.02 Å². The maximum absolute atomic E-state index is 12.9. The highest BCUT2D eigenvalue weighted by Crippen LogP contribution is 2.37. The second kappa shape index (κ2) is 5.36. The molecule has 3 atom stereocenters. The largest absolute Gasteiger partial charge is 0.307 e. The van der Waals surface area contributed by atoms with E-state index < -0.39 is 0 Å². The fraction of sp³-hybridized carbons (Fsp3) is 0.571. The molecule has 1 aromatic rings. The van der Waals surface area contributed by atoms with Gasteiger partial charge in [-0.25, -0.2) is 4.39 Å². The lowest BCUT2D eigenvalue weighted by molar-refractivity contribution is 0.529. The van der Waals surface area contributed by atoms with Crippen LogP contribution < -0.4 is 5.32 Å². The molecule has 0 saturated heterocycles. The molecule has 0 heterocycles. The van der Waals surface area contributed by atoms with Gasteiger partial charge in [-0.2, -0.15) is 0 Å². The first kappa shape index (κ1) is 12.8. The van der Waals surface area contributed by atoms with Crippen LogP contribution in [0.25, 0.3) is 0 Å². The van der Waals surface area contributed by atoms with E-state index in [9.17, 15) is 4.39 Å². The first-order valence-corrected chi connectivity index (χ1v) is 6.70. The lowest BCUT2D eigenvalue weighted by Gasteiger charge is -2.15. The molecule has 0 amide bonds. The fourth-order valence-electron chi connectivity index (χ4n) is 2.41. The molecule has 0 spiro atoms. The monoisotopic (exact) mass is 255 g/mol. The van der Waals surface area contributed by atoms with Crippen LogP contribution in [0, 0.1) is 11.7 Å². The van der Waals surface area contributed by atoms with Crippen LogP contribution in [0.4, 0.5) is 4.39 Å². The Hall–Kier alpha value is -0.600. The minimum absolute atomic E-state index is 0.190. The van der Waals surface area contributed by atoms with Crippen LogP contribution in [0.1, 0.15) is 44.7 Å². The summed E-state index contributed by atoms with van der Waals surface area (Å²) in [4.78, 5) is 0. The number of rotatable bonds is 5. The van der Waals surface area contributed by atoms with Crippen LogP contribution in [-0.2, 0) is 0 Å². The number of hydrogen-bond acceptors (Lipinski definition) is 1. The molecule has 1 aliphatic carbocycles. The first-order chi connectivity index (χ1) is 8.11. The minimum atomic E-state index is -0.277. The van der Waals surface area contributed by atoms with Gasteiger partial charge < -0.3 is 5.32 Å². The van der Waals surface area contributed by atoms with Crippen LogP contribution in [0.3, 0.4) is 0 Å². The maximum Gasteiger partial charge on any atom is 0.124 e. The summed E-state index contributed by atoms with van der Waals surface area (Å²) in [5.41, 5.74) is 0.982. The maximum atomic E-state index is 12.9. The highest BCUT2D eigenvalue weighted by atomic mass is 35.5. The van der Waals surface area contributed by atoms with Gasteiger partial charge in [0.2, 0.25) is 0 Å². The zero-order valence-electron chi connectivity index (χ0n) is 10.3. The van der Waals surface area contributed by atoms with E-state index in [1.54, 1.807) is 6.07 Å². The molecular weight excluding hydrogens is 237 g/mol. The number of hydrogen-bond donors (Lipinski definition) is 1. The van der Waals surface area contributed by atoms with Gasteiger partial charge in [-0.3, -0.25) is 0 Å². The SMILES string of the molecule is CCCC1CC1NC(C)c1ccc(F)cc1Cl. The highest BCUT2D eigenvalue weighted by Gasteiger charge is 2.36. The number of halogens is 2. The van der Waals surface area contributed by atoms with Crippen molar-refractivity contribution >= 4 is 11.6 Å². The molecular formula is C14H19ClFN. The lowest BCUT2D eigenvalue weighted by atomic mass is 10.1. The van der Waals surface area contributed by atoms with Gasteiger partial charge in [-0.15, -0.1) is 0 Å². The molecule has 17 heavy (non-hydrogen) atoms. The molecule has 1 aliphatic rings. The zero-order chi connectivity index (χ0) is 12.4. The van der Waals surface area contributed by atoms with Gasteiger partial charge in [-0.1, -0.05) is 31.0 Å². The van der Waals surface area contributed by atoms with Gasteiger partial charge in [0, 0.05) is 17.1 Å². The molecule has 3 heteroatoms. The fourth-order valence-corrected chi connectivity index (χ4v) is 2.74. The van der Waals surface area contributed by atoms with E-state index in [1.165, 1.54) is 31.4 Å². The summed E-state index contributed by atoms with van der Waals surface area (Å²) in [6, 6.07) is 5.43. The van der Waals surface area contributed by atoms with E-state index in [1.807, 2.05) is 0 Å². The molecule has 1 aromatic carbocycles. The summed E-state index contributed by atoms with van der Waals surface area (Å²) in [6.07, 6.45) is 3.80. The summed E-state index contributed by atoms with van der Waals surface area (Å²) in [6.45, 7) is 4.30. The zero-order valence-corrected chi connectivity index (χ0v) is 11.1. The van der Waals surface area contributed by atoms with Crippen molar-refractivity contribution in [3.8, 4) is 0 Å². The van der Waals surface area contributed by atoms with Gasteiger partial charge in [-0.05, 0) is 43.4 Å². The average Bonchev–Trinajstić information content (AvgIpc) is 2.96. The highest BCUT2D eigenvalue weighted by molar-refractivity contribution is 6.31. The predicted molar refractivity (Wildman–Crippen MR) is 69.8 cm³/mol. The summed E-state index contributed by atoms with van der Waals surface area (Å²) in [7, 11) is 0. The third-order valence-electron chi connectivity index (χ3n) is 3.48. The molecule has 0 radical (unpaired) electrons. The van der Waals surface area contributed by atoms with Crippen molar-refractivity contribution in [1.82, 2.24) is 5.32 Å². The van der Waals surface area contributed by atoms with Crippen LogP contribution >= 0.6 is 11.6 Å². The first-order valence-electron chi connectivity index (χ1n) is 6.32. The quantitative estimate of drug-likeness (QED) is 0.826. The summed E-state index contributed by atoms with van der Waals surface area (Å²) in [5.74, 6) is 0.544. The Kier molecular flexibility index (Phi) is 4.05.